The Labute approximate surface area is 159 Å². The van der Waals surface area contributed by atoms with Crippen LogP contribution >= 0.6 is 0 Å². The van der Waals surface area contributed by atoms with Gasteiger partial charge in [0.15, 0.2) is 0 Å². The normalized spacial score (nSPS) is 16.8. The van der Waals surface area contributed by atoms with E-state index < -0.39 is 0 Å². The van der Waals surface area contributed by atoms with Crippen molar-refractivity contribution in [1.29, 1.82) is 5.41 Å². The van der Waals surface area contributed by atoms with E-state index in [2.05, 4.69) is 35.0 Å². The Hall–Kier alpha value is -3.41. The predicted octanol–water partition coefficient (Wildman–Crippen LogP) is 3.42. The van der Waals surface area contributed by atoms with Crippen molar-refractivity contribution >= 4 is 30.1 Å². The van der Waals surface area contributed by atoms with Gasteiger partial charge in [-0.15, -0.1) is 0 Å². The summed E-state index contributed by atoms with van der Waals surface area (Å²) in [5.41, 5.74) is 12.9. The zero-order chi connectivity index (χ0) is 19.2. The average molecular weight is 360 g/mol. The smallest absolute Gasteiger partial charge is 0.127 e. The molecule has 3 rings (SSSR count). The highest BCUT2D eigenvalue weighted by molar-refractivity contribution is 6.04. The van der Waals surface area contributed by atoms with Gasteiger partial charge in [-0.2, -0.15) is 0 Å². The van der Waals surface area contributed by atoms with Crippen LogP contribution in [0.4, 0.5) is 11.4 Å². The molecule has 138 valence electrons. The Balaban J connectivity index is 1.77. The molecule has 2 aliphatic rings. The van der Waals surface area contributed by atoms with Crippen molar-refractivity contribution in [3.63, 3.8) is 0 Å². The average Bonchev–Trinajstić information content (AvgIpc) is 3.05. The summed E-state index contributed by atoms with van der Waals surface area (Å²) in [6.45, 7) is 8.99. The second-order valence-electron chi connectivity index (χ2n) is 6.45. The highest BCUT2D eigenvalue weighted by Crippen LogP contribution is 2.31. The van der Waals surface area contributed by atoms with Crippen molar-refractivity contribution in [2.24, 2.45) is 9.98 Å². The molecule has 1 aromatic carbocycles. The van der Waals surface area contributed by atoms with Gasteiger partial charge in [-0.1, -0.05) is 12.7 Å². The molecule has 1 aliphatic heterocycles. The number of allylic oxidation sites excluding steroid dienone is 1. The van der Waals surface area contributed by atoms with Crippen molar-refractivity contribution in [3.8, 4) is 0 Å². The summed E-state index contributed by atoms with van der Waals surface area (Å²) in [6, 6.07) is 5.45. The predicted molar refractivity (Wildman–Crippen MR) is 115 cm³/mol. The number of nitrogens with zero attached hydrogens (tertiary/aromatic N) is 2. The Morgan fingerprint density at radius 2 is 2.22 bits per heavy atom. The Bertz CT molecular complexity index is 901. The van der Waals surface area contributed by atoms with Crippen LogP contribution in [0.5, 0.6) is 0 Å². The molecule has 0 fully saturated rings. The molecule has 0 spiro atoms. The van der Waals surface area contributed by atoms with Crippen molar-refractivity contribution in [3.05, 3.63) is 71.1 Å². The van der Waals surface area contributed by atoms with E-state index in [4.69, 9.17) is 16.1 Å². The molecule has 0 saturated carbocycles. The first kappa shape index (κ1) is 18.4. The van der Waals surface area contributed by atoms with Crippen molar-refractivity contribution in [2.75, 3.05) is 24.1 Å². The fraction of sp³-hybridized carbons (Fsp3) is 0.190. The van der Waals surface area contributed by atoms with Gasteiger partial charge in [0, 0.05) is 41.6 Å². The SMILES string of the molecule is C=N/C=C\C(=N/CC1=CC2=C(CC1)C(=C)NC2)Nc1ccc(N)c(C=N)c1. The minimum atomic E-state index is 0.570. The fourth-order valence-corrected chi connectivity index (χ4v) is 3.16. The van der Waals surface area contributed by atoms with E-state index in [-0.39, 0.29) is 0 Å². The molecule has 0 bridgehead atoms. The molecular formula is C21H24N6. The van der Waals surface area contributed by atoms with Crippen LogP contribution in [0, 0.1) is 5.41 Å². The maximum absolute atomic E-state index is 7.44. The van der Waals surface area contributed by atoms with Crippen LogP contribution in [0.15, 0.2) is 75.5 Å². The molecule has 0 amide bonds. The number of amidine groups is 1. The van der Waals surface area contributed by atoms with Gasteiger partial charge in [-0.25, -0.2) is 0 Å². The highest BCUT2D eigenvalue weighted by Gasteiger charge is 2.20. The summed E-state index contributed by atoms with van der Waals surface area (Å²) in [5, 5.41) is 14.0. The van der Waals surface area contributed by atoms with E-state index in [1.807, 2.05) is 12.1 Å². The number of benzene rings is 1. The lowest BCUT2D eigenvalue weighted by Gasteiger charge is -2.14. The van der Waals surface area contributed by atoms with Gasteiger partial charge in [-0.3, -0.25) is 9.98 Å². The highest BCUT2D eigenvalue weighted by atomic mass is 15.0. The van der Waals surface area contributed by atoms with Crippen LogP contribution in [0.2, 0.25) is 0 Å². The van der Waals surface area contributed by atoms with Crippen LogP contribution in [-0.4, -0.2) is 31.9 Å². The fourth-order valence-electron chi connectivity index (χ4n) is 3.16. The monoisotopic (exact) mass is 360 g/mol. The maximum atomic E-state index is 7.44. The first-order valence-electron chi connectivity index (χ1n) is 8.79. The Kier molecular flexibility index (Phi) is 5.66. The number of hydrogen-bond acceptors (Lipinski definition) is 5. The van der Waals surface area contributed by atoms with Crippen molar-refractivity contribution in [1.82, 2.24) is 5.32 Å². The van der Waals surface area contributed by atoms with Gasteiger partial charge >= 0.3 is 0 Å². The van der Waals surface area contributed by atoms with Gasteiger partial charge in [0.2, 0.25) is 0 Å². The summed E-state index contributed by atoms with van der Waals surface area (Å²) >= 11 is 0. The Morgan fingerprint density at radius 1 is 1.37 bits per heavy atom. The molecule has 0 saturated heterocycles. The van der Waals surface area contributed by atoms with E-state index >= 15 is 0 Å². The quantitative estimate of drug-likeness (QED) is 0.355. The zero-order valence-electron chi connectivity index (χ0n) is 15.3. The molecule has 6 heteroatoms. The third-order valence-corrected chi connectivity index (χ3v) is 4.62. The van der Waals surface area contributed by atoms with Gasteiger partial charge in [0.25, 0.3) is 0 Å². The molecule has 27 heavy (non-hydrogen) atoms. The van der Waals surface area contributed by atoms with Crippen molar-refractivity contribution < 1.29 is 0 Å². The number of nitrogens with two attached hydrogens (primary N) is 1. The van der Waals surface area contributed by atoms with Crippen LogP contribution in [0.1, 0.15) is 18.4 Å². The molecule has 0 radical (unpaired) electrons. The standard InChI is InChI=1S/C21H24N6/c1-14-19-5-3-15(9-17(19)13-25-14)12-26-21(7-8-24-2)27-18-4-6-20(23)16(10-18)11-22/h4,6-11,22,25H,1-3,5,12-13,23H2,(H,26,27)/b8-7-,22-11?. The van der Waals surface area contributed by atoms with Gasteiger partial charge in [0.05, 0.1) is 6.54 Å². The summed E-state index contributed by atoms with van der Waals surface area (Å²) in [5.74, 6) is 0.678. The minimum Gasteiger partial charge on any atom is -0.398 e. The summed E-state index contributed by atoms with van der Waals surface area (Å²) in [6.07, 6.45) is 8.84. The van der Waals surface area contributed by atoms with Crippen LogP contribution in [-0.2, 0) is 0 Å². The van der Waals surface area contributed by atoms with Gasteiger partial charge in [-0.05, 0) is 60.6 Å². The number of anilines is 2. The number of rotatable bonds is 6. The molecule has 0 unspecified atom stereocenters. The van der Waals surface area contributed by atoms with E-state index in [9.17, 15) is 0 Å². The van der Waals surface area contributed by atoms with E-state index in [0.29, 0.717) is 23.6 Å². The second-order valence-corrected chi connectivity index (χ2v) is 6.45. The maximum Gasteiger partial charge on any atom is 0.127 e. The molecular weight excluding hydrogens is 336 g/mol. The van der Waals surface area contributed by atoms with Crippen molar-refractivity contribution in [2.45, 2.75) is 12.8 Å². The lowest BCUT2D eigenvalue weighted by Crippen LogP contribution is -2.11. The topological polar surface area (TPSA) is 98.7 Å². The van der Waals surface area contributed by atoms with E-state index in [0.717, 1.165) is 30.8 Å². The summed E-state index contributed by atoms with van der Waals surface area (Å²) in [7, 11) is 0. The largest absolute Gasteiger partial charge is 0.398 e. The lowest BCUT2D eigenvalue weighted by atomic mass is 9.93. The molecule has 6 nitrogen and oxygen atoms in total. The third-order valence-electron chi connectivity index (χ3n) is 4.62. The molecule has 1 heterocycles. The van der Waals surface area contributed by atoms with Gasteiger partial charge in [0.1, 0.15) is 5.84 Å². The molecule has 1 aromatic rings. The van der Waals surface area contributed by atoms with E-state index in [1.54, 1.807) is 18.3 Å². The van der Waals surface area contributed by atoms with E-state index in [1.165, 1.54) is 22.9 Å². The van der Waals surface area contributed by atoms with Crippen LogP contribution in [0.25, 0.3) is 0 Å². The third kappa shape index (κ3) is 4.41. The number of nitrogens with one attached hydrogen (secondary N) is 3. The molecule has 1 aliphatic carbocycles. The van der Waals surface area contributed by atoms with Crippen LogP contribution < -0.4 is 16.4 Å². The summed E-state index contributed by atoms with van der Waals surface area (Å²) < 4.78 is 0. The molecule has 0 aromatic heterocycles. The molecule has 0 atom stereocenters. The zero-order valence-corrected chi connectivity index (χ0v) is 15.3. The summed E-state index contributed by atoms with van der Waals surface area (Å²) in [4.78, 5) is 8.46. The number of aliphatic imine (C=N–C) groups is 2. The Morgan fingerprint density at radius 3 is 3.00 bits per heavy atom. The van der Waals surface area contributed by atoms with Gasteiger partial charge < -0.3 is 21.8 Å². The minimum absolute atomic E-state index is 0.570. The lowest BCUT2D eigenvalue weighted by molar-refractivity contribution is 0.876. The van der Waals surface area contributed by atoms with Crippen LogP contribution in [0.3, 0.4) is 0 Å². The first-order chi connectivity index (χ1) is 13.1. The first-order valence-corrected chi connectivity index (χ1v) is 8.79. The number of hydrogen-bond donors (Lipinski definition) is 4. The number of nitrogen functional groups attached to an aromatic ring is 1. The second kappa shape index (κ2) is 8.31. The molecule has 5 N–H and O–H groups in total.